The maximum atomic E-state index is 11.9. The van der Waals surface area contributed by atoms with Gasteiger partial charge in [0.15, 0.2) is 0 Å². The average molecular weight is 365 g/mol. The number of esters is 1. The second-order valence-corrected chi connectivity index (χ2v) is 5.09. The van der Waals surface area contributed by atoms with E-state index in [1.165, 1.54) is 12.1 Å². The highest BCUT2D eigenvalue weighted by Crippen LogP contribution is 2.22. The highest BCUT2D eigenvalue weighted by atomic mass is 35.5. The summed E-state index contributed by atoms with van der Waals surface area (Å²) in [5.74, 6) is -1.07. The molecule has 1 amide bonds. The van der Waals surface area contributed by atoms with Crippen LogP contribution < -0.4 is 10.6 Å². The number of nitrogens with one attached hydrogen (secondary N) is 2. The Kier molecular flexibility index (Phi) is 8.46. The van der Waals surface area contributed by atoms with E-state index < -0.39 is 5.97 Å². The molecule has 0 aromatic heterocycles. The largest absolute Gasteiger partial charge is 0.507 e. The topological polar surface area (TPSA) is 87.7 Å². The Morgan fingerprint density at radius 1 is 1.12 bits per heavy atom. The molecule has 2 rings (SSSR count). The van der Waals surface area contributed by atoms with Crippen molar-refractivity contribution in [3.8, 4) is 5.75 Å². The van der Waals surface area contributed by atoms with Gasteiger partial charge in [0.25, 0.3) is 0 Å². The molecule has 7 heteroatoms. The van der Waals surface area contributed by atoms with Crippen molar-refractivity contribution in [2.45, 2.75) is 13.5 Å². The highest BCUT2D eigenvalue weighted by molar-refractivity contribution is 5.95. The fourth-order valence-electron chi connectivity index (χ4n) is 2.11. The SMILES string of the molecule is CCOC(=O)c1ccc(NC(=O)CNCc2ccccc2)cc1O.Cl. The molecule has 0 unspecified atom stereocenters. The number of phenols is 1. The predicted octanol–water partition coefficient (Wildman–Crippen LogP) is 2.72. The molecule has 0 atom stereocenters. The Labute approximate surface area is 152 Å². The molecule has 25 heavy (non-hydrogen) atoms. The summed E-state index contributed by atoms with van der Waals surface area (Å²) in [4.78, 5) is 23.5. The fourth-order valence-corrected chi connectivity index (χ4v) is 2.11. The summed E-state index contributed by atoms with van der Waals surface area (Å²) < 4.78 is 4.83. The molecule has 2 aromatic carbocycles. The van der Waals surface area contributed by atoms with E-state index in [0.717, 1.165) is 5.56 Å². The van der Waals surface area contributed by atoms with Gasteiger partial charge in [-0.1, -0.05) is 30.3 Å². The number of hydrogen-bond donors (Lipinski definition) is 3. The maximum Gasteiger partial charge on any atom is 0.341 e. The summed E-state index contributed by atoms with van der Waals surface area (Å²) in [6, 6.07) is 14.0. The summed E-state index contributed by atoms with van der Waals surface area (Å²) in [6.07, 6.45) is 0. The van der Waals surface area contributed by atoms with Crippen molar-refractivity contribution in [2.75, 3.05) is 18.5 Å². The van der Waals surface area contributed by atoms with Gasteiger partial charge in [-0.25, -0.2) is 4.79 Å². The van der Waals surface area contributed by atoms with E-state index >= 15 is 0 Å². The van der Waals surface area contributed by atoms with Crippen LogP contribution in [0, 0.1) is 0 Å². The molecular weight excluding hydrogens is 344 g/mol. The van der Waals surface area contributed by atoms with E-state index in [0.29, 0.717) is 12.2 Å². The van der Waals surface area contributed by atoms with E-state index in [-0.39, 0.29) is 42.8 Å². The molecule has 0 saturated carbocycles. The van der Waals surface area contributed by atoms with E-state index in [1.54, 1.807) is 13.0 Å². The lowest BCUT2D eigenvalue weighted by Crippen LogP contribution is -2.27. The minimum Gasteiger partial charge on any atom is -0.507 e. The van der Waals surface area contributed by atoms with Gasteiger partial charge in [0.05, 0.1) is 13.2 Å². The molecule has 0 bridgehead atoms. The third kappa shape index (κ3) is 6.45. The molecule has 0 aliphatic carbocycles. The Balaban J connectivity index is 0.00000312. The Bertz CT molecular complexity index is 707. The molecular formula is C18H21ClN2O4. The van der Waals surface area contributed by atoms with Crippen LogP contribution >= 0.6 is 12.4 Å². The van der Waals surface area contributed by atoms with Crippen molar-refractivity contribution < 1.29 is 19.4 Å². The lowest BCUT2D eigenvalue weighted by atomic mass is 10.2. The van der Waals surface area contributed by atoms with E-state index in [4.69, 9.17) is 4.74 Å². The van der Waals surface area contributed by atoms with Crippen molar-refractivity contribution in [3.05, 3.63) is 59.7 Å². The van der Waals surface area contributed by atoms with Gasteiger partial charge in [-0.3, -0.25) is 4.79 Å². The normalized spacial score (nSPS) is 9.80. The van der Waals surface area contributed by atoms with Gasteiger partial charge in [-0.15, -0.1) is 12.4 Å². The summed E-state index contributed by atoms with van der Waals surface area (Å²) in [6.45, 7) is 2.63. The van der Waals surface area contributed by atoms with Crippen LogP contribution in [0.25, 0.3) is 0 Å². The summed E-state index contributed by atoms with van der Waals surface area (Å²) in [5.41, 5.74) is 1.56. The Hall–Kier alpha value is -2.57. The first-order valence-corrected chi connectivity index (χ1v) is 7.64. The zero-order chi connectivity index (χ0) is 17.4. The van der Waals surface area contributed by atoms with Crippen LogP contribution in [0.2, 0.25) is 0 Å². The van der Waals surface area contributed by atoms with Crippen LogP contribution in [0.15, 0.2) is 48.5 Å². The molecule has 0 radical (unpaired) electrons. The minimum atomic E-state index is -0.600. The monoisotopic (exact) mass is 364 g/mol. The zero-order valence-corrected chi connectivity index (χ0v) is 14.6. The van der Waals surface area contributed by atoms with Gasteiger partial charge < -0.3 is 20.5 Å². The molecule has 0 aliphatic rings. The van der Waals surface area contributed by atoms with Crippen molar-refractivity contribution in [1.29, 1.82) is 0 Å². The molecule has 0 heterocycles. The van der Waals surface area contributed by atoms with Gasteiger partial charge in [0.2, 0.25) is 5.91 Å². The number of ether oxygens (including phenoxy) is 1. The van der Waals surface area contributed by atoms with Crippen LogP contribution in [-0.4, -0.2) is 30.1 Å². The third-order valence-electron chi connectivity index (χ3n) is 3.23. The van der Waals surface area contributed by atoms with Gasteiger partial charge in [-0.2, -0.15) is 0 Å². The minimum absolute atomic E-state index is 0. The summed E-state index contributed by atoms with van der Waals surface area (Å²) in [5, 5.41) is 15.5. The van der Waals surface area contributed by atoms with Crippen LogP contribution in [0.5, 0.6) is 5.75 Å². The number of halogens is 1. The Morgan fingerprint density at radius 2 is 1.84 bits per heavy atom. The van der Waals surface area contributed by atoms with Crippen molar-refractivity contribution in [3.63, 3.8) is 0 Å². The van der Waals surface area contributed by atoms with Gasteiger partial charge in [-0.05, 0) is 24.6 Å². The summed E-state index contributed by atoms with van der Waals surface area (Å²) in [7, 11) is 0. The highest BCUT2D eigenvalue weighted by Gasteiger charge is 2.13. The molecule has 0 spiro atoms. The van der Waals surface area contributed by atoms with Crippen LogP contribution in [0.4, 0.5) is 5.69 Å². The smallest absolute Gasteiger partial charge is 0.341 e. The fraction of sp³-hybridized carbons (Fsp3) is 0.222. The van der Waals surface area contributed by atoms with Crippen LogP contribution in [0.1, 0.15) is 22.8 Å². The number of aromatic hydroxyl groups is 1. The third-order valence-corrected chi connectivity index (χ3v) is 3.23. The number of carbonyl (C=O) groups is 2. The quantitative estimate of drug-likeness (QED) is 0.657. The lowest BCUT2D eigenvalue weighted by Gasteiger charge is -2.09. The van der Waals surface area contributed by atoms with Crippen LogP contribution in [0.3, 0.4) is 0 Å². The van der Waals surface area contributed by atoms with E-state index in [2.05, 4.69) is 10.6 Å². The molecule has 134 valence electrons. The standard InChI is InChI=1S/C18H20N2O4.ClH/c1-2-24-18(23)15-9-8-14(10-16(15)21)20-17(22)12-19-11-13-6-4-3-5-7-13;/h3-10,19,21H,2,11-12H2,1H3,(H,20,22);1H. The van der Waals surface area contributed by atoms with Crippen molar-refractivity contribution in [1.82, 2.24) is 5.32 Å². The molecule has 0 fully saturated rings. The number of benzene rings is 2. The maximum absolute atomic E-state index is 11.9. The Morgan fingerprint density at radius 3 is 2.48 bits per heavy atom. The van der Waals surface area contributed by atoms with Gasteiger partial charge in [0.1, 0.15) is 11.3 Å². The molecule has 0 saturated heterocycles. The molecule has 0 aliphatic heterocycles. The summed E-state index contributed by atoms with van der Waals surface area (Å²) >= 11 is 0. The first-order valence-electron chi connectivity index (χ1n) is 7.64. The van der Waals surface area contributed by atoms with Crippen LogP contribution in [-0.2, 0) is 16.1 Å². The number of phenolic OH excluding ortho intramolecular Hbond substituents is 1. The van der Waals surface area contributed by atoms with Crippen molar-refractivity contribution >= 4 is 30.0 Å². The predicted molar refractivity (Wildman–Crippen MR) is 98.1 cm³/mol. The molecule has 3 N–H and O–H groups in total. The second kappa shape index (κ2) is 10.3. The van der Waals surface area contributed by atoms with Crippen molar-refractivity contribution in [2.24, 2.45) is 0 Å². The van der Waals surface area contributed by atoms with Gasteiger partial charge in [0, 0.05) is 18.3 Å². The second-order valence-electron chi connectivity index (χ2n) is 5.09. The number of rotatable bonds is 7. The number of hydrogen-bond acceptors (Lipinski definition) is 5. The van der Waals surface area contributed by atoms with Gasteiger partial charge >= 0.3 is 5.97 Å². The number of anilines is 1. The molecule has 2 aromatic rings. The number of carbonyl (C=O) groups excluding carboxylic acids is 2. The zero-order valence-electron chi connectivity index (χ0n) is 13.8. The van der Waals surface area contributed by atoms with E-state index in [9.17, 15) is 14.7 Å². The van der Waals surface area contributed by atoms with E-state index in [1.807, 2.05) is 30.3 Å². The molecule has 6 nitrogen and oxygen atoms in total. The number of amides is 1. The lowest BCUT2D eigenvalue weighted by molar-refractivity contribution is -0.115. The average Bonchev–Trinajstić information content (AvgIpc) is 2.56. The first-order chi connectivity index (χ1) is 11.6. The first kappa shape index (κ1) is 20.5.